The summed E-state index contributed by atoms with van der Waals surface area (Å²) in [6, 6.07) is 0. The zero-order valence-corrected chi connectivity index (χ0v) is 8.82. The molecule has 1 heterocycles. The lowest BCUT2D eigenvalue weighted by molar-refractivity contribution is 0.0684. The number of carboxylic acids is 1. The number of rotatable bonds is 3. The highest BCUT2D eigenvalue weighted by molar-refractivity contribution is 5.87. The van der Waals surface area contributed by atoms with Gasteiger partial charge in [0.05, 0.1) is 0 Å². The Balaban J connectivity index is 2.22. The van der Waals surface area contributed by atoms with Crippen LogP contribution < -0.4 is 0 Å². The molecule has 1 aliphatic carbocycles. The van der Waals surface area contributed by atoms with Crippen molar-refractivity contribution in [3.8, 4) is 0 Å². The molecule has 0 saturated carbocycles. The zero-order valence-electron chi connectivity index (χ0n) is 8.82. The third kappa shape index (κ3) is 1.89. The minimum absolute atomic E-state index is 0.116. The Kier molecular flexibility index (Phi) is 2.75. The van der Waals surface area contributed by atoms with E-state index < -0.39 is 5.97 Å². The lowest BCUT2D eigenvalue weighted by Crippen LogP contribution is -2.15. The van der Waals surface area contributed by atoms with Crippen LogP contribution in [0.25, 0.3) is 0 Å². The molecule has 15 heavy (non-hydrogen) atoms. The third-order valence-corrected chi connectivity index (χ3v) is 3.04. The molecular formula is C11H15NO3. The third-order valence-electron chi connectivity index (χ3n) is 3.04. The van der Waals surface area contributed by atoms with Gasteiger partial charge in [0, 0.05) is 12.0 Å². The van der Waals surface area contributed by atoms with Gasteiger partial charge in [-0.25, -0.2) is 4.79 Å². The summed E-state index contributed by atoms with van der Waals surface area (Å²) in [6.45, 7) is 2.15. The second kappa shape index (κ2) is 4.04. The molecule has 2 rings (SSSR count). The lowest BCUT2D eigenvalue weighted by atomic mass is 9.84. The maximum absolute atomic E-state index is 10.9. The summed E-state index contributed by atoms with van der Waals surface area (Å²) >= 11 is 0. The minimum Gasteiger partial charge on any atom is -0.476 e. The van der Waals surface area contributed by atoms with Gasteiger partial charge in [0.1, 0.15) is 5.76 Å². The highest BCUT2D eigenvalue weighted by Crippen LogP contribution is 2.30. The number of fused-ring (bicyclic) bond motifs is 1. The molecule has 0 spiro atoms. The average molecular weight is 209 g/mol. The van der Waals surface area contributed by atoms with Crippen LogP contribution in [0.5, 0.6) is 0 Å². The van der Waals surface area contributed by atoms with Gasteiger partial charge in [-0.1, -0.05) is 24.9 Å². The van der Waals surface area contributed by atoms with Gasteiger partial charge in [-0.05, 0) is 18.8 Å². The second-order valence-electron chi connectivity index (χ2n) is 4.14. The summed E-state index contributed by atoms with van der Waals surface area (Å²) in [7, 11) is 0. The molecule has 1 aromatic rings. The summed E-state index contributed by atoms with van der Waals surface area (Å²) < 4.78 is 5.04. The van der Waals surface area contributed by atoms with Gasteiger partial charge in [0.25, 0.3) is 0 Å². The van der Waals surface area contributed by atoms with Crippen molar-refractivity contribution in [3.63, 3.8) is 0 Å². The Morgan fingerprint density at radius 3 is 3.13 bits per heavy atom. The first-order chi connectivity index (χ1) is 7.22. The van der Waals surface area contributed by atoms with Crippen molar-refractivity contribution in [1.82, 2.24) is 5.16 Å². The fourth-order valence-electron chi connectivity index (χ4n) is 2.30. The summed E-state index contributed by atoms with van der Waals surface area (Å²) in [5.41, 5.74) is 0.943. The van der Waals surface area contributed by atoms with E-state index in [1.807, 2.05) is 0 Å². The van der Waals surface area contributed by atoms with Crippen molar-refractivity contribution in [2.24, 2.45) is 5.92 Å². The van der Waals surface area contributed by atoms with Gasteiger partial charge in [0.2, 0.25) is 0 Å². The summed E-state index contributed by atoms with van der Waals surface area (Å²) in [4.78, 5) is 10.9. The highest BCUT2D eigenvalue weighted by Gasteiger charge is 2.27. The van der Waals surface area contributed by atoms with E-state index in [1.54, 1.807) is 0 Å². The molecule has 0 bridgehead atoms. The molecule has 4 nitrogen and oxygen atoms in total. The average Bonchev–Trinajstić information content (AvgIpc) is 2.61. The maximum Gasteiger partial charge on any atom is 0.358 e. The second-order valence-corrected chi connectivity index (χ2v) is 4.14. The molecule has 0 radical (unpaired) electrons. The van der Waals surface area contributed by atoms with Gasteiger partial charge in [-0.3, -0.25) is 0 Å². The number of carbonyl (C=O) groups is 1. The van der Waals surface area contributed by atoms with Crippen molar-refractivity contribution in [3.05, 3.63) is 17.0 Å². The number of aromatic carboxylic acids is 1. The lowest BCUT2D eigenvalue weighted by Gasteiger charge is -2.19. The van der Waals surface area contributed by atoms with Crippen LogP contribution in [0.3, 0.4) is 0 Å². The number of hydrogen-bond donors (Lipinski definition) is 1. The van der Waals surface area contributed by atoms with Crippen LogP contribution >= 0.6 is 0 Å². The molecule has 0 amide bonds. The van der Waals surface area contributed by atoms with E-state index >= 15 is 0 Å². The molecule has 82 valence electrons. The Morgan fingerprint density at radius 2 is 2.47 bits per heavy atom. The fourth-order valence-corrected chi connectivity index (χ4v) is 2.30. The molecule has 1 aliphatic rings. The van der Waals surface area contributed by atoms with Crippen LogP contribution in [0.4, 0.5) is 0 Å². The Bertz CT molecular complexity index is 370. The SMILES string of the molecule is CCCC1CCc2onc(C(=O)O)c2C1. The first-order valence-electron chi connectivity index (χ1n) is 5.43. The summed E-state index contributed by atoms with van der Waals surface area (Å²) in [5.74, 6) is 0.400. The maximum atomic E-state index is 10.9. The van der Waals surface area contributed by atoms with E-state index in [4.69, 9.17) is 9.63 Å². The van der Waals surface area contributed by atoms with E-state index in [-0.39, 0.29) is 5.69 Å². The molecule has 0 aromatic carbocycles. The first kappa shape index (κ1) is 10.2. The molecule has 0 saturated heterocycles. The molecule has 1 unspecified atom stereocenters. The Labute approximate surface area is 88.3 Å². The number of aromatic nitrogens is 1. The van der Waals surface area contributed by atoms with Gasteiger partial charge >= 0.3 is 5.97 Å². The van der Waals surface area contributed by atoms with Crippen molar-refractivity contribution >= 4 is 5.97 Å². The number of nitrogens with zero attached hydrogens (tertiary/aromatic N) is 1. The predicted octanol–water partition coefficient (Wildman–Crippen LogP) is 2.28. The number of carboxylic acid groups (broad SMARTS) is 1. The molecule has 1 atom stereocenters. The van der Waals surface area contributed by atoms with Gasteiger partial charge in [-0.15, -0.1) is 0 Å². The quantitative estimate of drug-likeness (QED) is 0.829. The van der Waals surface area contributed by atoms with Crippen LogP contribution in [0.15, 0.2) is 4.52 Å². The van der Waals surface area contributed by atoms with Crippen molar-refractivity contribution in [1.29, 1.82) is 0 Å². The van der Waals surface area contributed by atoms with Crippen LogP contribution in [-0.2, 0) is 12.8 Å². The Morgan fingerprint density at radius 1 is 1.67 bits per heavy atom. The van der Waals surface area contributed by atoms with Crippen LogP contribution in [0, 0.1) is 5.92 Å². The van der Waals surface area contributed by atoms with Crippen molar-refractivity contribution in [2.75, 3.05) is 0 Å². The molecule has 0 aliphatic heterocycles. The predicted molar refractivity (Wildman–Crippen MR) is 53.9 cm³/mol. The fraction of sp³-hybridized carbons (Fsp3) is 0.636. The van der Waals surface area contributed by atoms with Crippen LogP contribution in [0.1, 0.15) is 48.0 Å². The van der Waals surface area contributed by atoms with Crippen LogP contribution in [-0.4, -0.2) is 16.2 Å². The summed E-state index contributed by atoms with van der Waals surface area (Å²) in [6.07, 6.45) is 5.04. The monoisotopic (exact) mass is 209 g/mol. The van der Waals surface area contributed by atoms with E-state index in [2.05, 4.69) is 12.1 Å². The number of aryl methyl sites for hydroxylation is 1. The topological polar surface area (TPSA) is 63.3 Å². The molecule has 1 N–H and O–H groups in total. The van der Waals surface area contributed by atoms with Crippen molar-refractivity contribution < 1.29 is 14.4 Å². The first-order valence-corrected chi connectivity index (χ1v) is 5.43. The molecule has 0 fully saturated rings. The zero-order chi connectivity index (χ0) is 10.8. The van der Waals surface area contributed by atoms with Gasteiger partial charge in [0.15, 0.2) is 5.69 Å². The smallest absolute Gasteiger partial charge is 0.358 e. The minimum atomic E-state index is -0.975. The summed E-state index contributed by atoms with van der Waals surface area (Å²) in [5, 5.41) is 12.5. The van der Waals surface area contributed by atoms with Crippen molar-refractivity contribution in [2.45, 2.75) is 39.0 Å². The highest BCUT2D eigenvalue weighted by atomic mass is 16.5. The van der Waals surface area contributed by atoms with E-state index in [0.717, 1.165) is 43.4 Å². The van der Waals surface area contributed by atoms with Gasteiger partial charge in [-0.2, -0.15) is 0 Å². The molecule has 4 heteroatoms. The number of hydrogen-bond acceptors (Lipinski definition) is 3. The van der Waals surface area contributed by atoms with E-state index in [9.17, 15) is 4.79 Å². The molecular weight excluding hydrogens is 194 g/mol. The normalized spacial score (nSPS) is 19.9. The van der Waals surface area contributed by atoms with E-state index in [0.29, 0.717) is 5.92 Å². The van der Waals surface area contributed by atoms with Gasteiger partial charge < -0.3 is 9.63 Å². The Hall–Kier alpha value is -1.32. The molecule has 1 aromatic heterocycles. The van der Waals surface area contributed by atoms with E-state index in [1.165, 1.54) is 0 Å². The largest absolute Gasteiger partial charge is 0.476 e. The van der Waals surface area contributed by atoms with Crippen LogP contribution in [0.2, 0.25) is 0 Å². The standard InChI is InChI=1S/C11H15NO3/c1-2-3-7-4-5-9-8(6-7)10(11(13)14)12-15-9/h7H,2-6H2,1H3,(H,13,14).